The van der Waals surface area contributed by atoms with E-state index in [-0.39, 0.29) is 0 Å². The monoisotopic (exact) mass is 228 g/mol. The van der Waals surface area contributed by atoms with Crippen LogP contribution in [-0.2, 0) is 0 Å². The fourth-order valence-electron chi connectivity index (χ4n) is 2.24. The summed E-state index contributed by atoms with van der Waals surface area (Å²) in [4.78, 5) is 0. The van der Waals surface area contributed by atoms with Gasteiger partial charge in [-0.3, -0.25) is 0 Å². The molecular formula is C15H34N+. The first-order chi connectivity index (χ1) is 7.68. The van der Waals surface area contributed by atoms with Crippen LogP contribution in [0.2, 0.25) is 0 Å². The van der Waals surface area contributed by atoms with Gasteiger partial charge in [-0.15, -0.1) is 0 Å². The second kappa shape index (κ2) is 10.1. The minimum absolute atomic E-state index is 1.29. The van der Waals surface area contributed by atoms with Crippen molar-refractivity contribution < 1.29 is 4.48 Å². The van der Waals surface area contributed by atoms with E-state index < -0.39 is 0 Å². The van der Waals surface area contributed by atoms with Crippen LogP contribution >= 0.6 is 0 Å². The molecule has 0 rings (SSSR count). The molecule has 0 saturated carbocycles. The second-order valence-electron chi connectivity index (χ2n) is 5.50. The Labute approximate surface area is 104 Å². The van der Waals surface area contributed by atoms with Crippen molar-refractivity contribution in [2.24, 2.45) is 0 Å². The van der Waals surface area contributed by atoms with Gasteiger partial charge in [-0.2, -0.15) is 0 Å². The molecule has 1 heteroatoms. The van der Waals surface area contributed by atoms with Gasteiger partial charge in [-0.25, -0.2) is 0 Å². The molecule has 0 saturated heterocycles. The molecule has 0 spiro atoms. The number of hydrogen-bond donors (Lipinski definition) is 0. The van der Waals surface area contributed by atoms with E-state index in [1.165, 1.54) is 75.5 Å². The Hall–Kier alpha value is -0.0400. The van der Waals surface area contributed by atoms with Crippen LogP contribution in [0.3, 0.4) is 0 Å². The molecule has 0 N–H and O–H groups in total. The second-order valence-corrected chi connectivity index (χ2v) is 5.50. The SMILES string of the molecule is CCCCCCCC[N+](C)(CC)CCCC. The van der Waals surface area contributed by atoms with Crippen LogP contribution < -0.4 is 0 Å². The molecule has 1 nitrogen and oxygen atoms in total. The minimum atomic E-state index is 1.29. The number of rotatable bonds is 11. The smallest absolute Gasteiger partial charge is 0.0784 e. The van der Waals surface area contributed by atoms with Gasteiger partial charge in [0.25, 0.3) is 0 Å². The summed E-state index contributed by atoms with van der Waals surface area (Å²) in [6, 6.07) is 0. The van der Waals surface area contributed by atoms with Crippen LogP contribution in [0.4, 0.5) is 0 Å². The first kappa shape index (κ1) is 16.0. The highest BCUT2D eigenvalue weighted by Crippen LogP contribution is 2.11. The fraction of sp³-hybridized carbons (Fsp3) is 1.00. The molecule has 98 valence electrons. The summed E-state index contributed by atoms with van der Waals surface area (Å²) in [6.07, 6.45) is 11.3. The molecular weight excluding hydrogens is 194 g/mol. The van der Waals surface area contributed by atoms with Gasteiger partial charge in [0.05, 0.1) is 26.7 Å². The highest BCUT2D eigenvalue weighted by atomic mass is 15.3. The molecule has 0 aromatic rings. The first-order valence-corrected chi connectivity index (χ1v) is 7.52. The highest BCUT2D eigenvalue weighted by Gasteiger charge is 2.17. The third kappa shape index (κ3) is 8.15. The number of hydrogen-bond acceptors (Lipinski definition) is 0. The van der Waals surface area contributed by atoms with E-state index in [1.807, 2.05) is 0 Å². The number of nitrogens with zero attached hydrogens (tertiary/aromatic N) is 1. The third-order valence-electron chi connectivity index (χ3n) is 3.87. The molecule has 0 aromatic heterocycles. The molecule has 0 amide bonds. The Bertz CT molecular complexity index is 144. The summed E-state index contributed by atoms with van der Waals surface area (Å²) < 4.78 is 1.29. The van der Waals surface area contributed by atoms with Crippen molar-refractivity contribution in [2.75, 3.05) is 26.7 Å². The summed E-state index contributed by atoms with van der Waals surface area (Å²) in [5.74, 6) is 0. The quantitative estimate of drug-likeness (QED) is 0.358. The minimum Gasteiger partial charge on any atom is -0.326 e. The van der Waals surface area contributed by atoms with Crippen molar-refractivity contribution in [1.82, 2.24) is 0 Å². The van der Waals surface area contributed by atoms with E-state index in [9.17, 15) is 0 Å². The summed E-state index contributed by atoms with van der Waals surface area (Å²) in [5, 5.41) is 0. The average Bonchev–Trinajstić information content (AvgIpc) is 2.31. The molecule has 0 heterocycles. The summed E-state index contributed by atoms with van der Waals surface area (Å²) in [7, 11) is 2.43. The zero-order valence-corrected chi connectivity index (χ0v) is 12.2. The molecule has 1 atom stereocenters. The van der Waals surface area contributed by atoms with Crippen LogP contribution in [0.25, 0.3) is 0 Å². The third-order valence-corrected chi connectivity index (χ3v) is 3.87. The van der Waals surface area contributed by atoms with Crippen molar-refractivity contribution >= 4 is 0 Å². The maximum Gasteiger partial charge on any atom is 0.0784 e. The van der Waals surface area contributed by atoms with Crippen LogP contribution in [0.1, 0.15) is 72.1 Å². The van der Waals surface area contributed by atoms with Gasteiger partial charge in [0.1, 0.15) is 0 Å². The lowest BCUT2D eigenvalue weighted by Crippen LogP contribution is -2.45. The molecule has 1 unspecified atom stereocenters. The Balaban J connectivity index is 3.53. The zero-order valence-electron chi connectivity index (χ0n) is 12.2. The van der Waals surface area contributed by atoms with Gasteiger partial charge in [-0.1, -0.05) is 46.0 Å². The van der Waals surface area contributed by atoms with E-state index in [0.717, 1.165) is 0 Å². The Morgan fingerprint density at radius 3 is 1.69 bits per heavy atom. The Morgan fingerprint density at radius 1 is 0.625 bits per heavy atom. The fourth-order valence-corrected chi connectivity index (χ4v) is 2.24. The van der Waals surface area contributed by atoms with Crippen LogP contribution in [-0.4, -0.2) is 31.2 Å². The maximum absolute atomic E-state index is 2.43. The lowest BCUT2D eigenvalue weighted by molar-refractivity contribution is -0.908. The molecule has 0 radical (unpaired) electrons. The largest absolute Gasteiger partial charge is 0.326 e. The summed E-state index contributed by atoms with van der Waals surface area (Å²) in [5.41, 5.74) is 0. The van der Waals surface area contributed by atoms with Crippen LogP contribution in [0, 0.1) is 0 Å². The van der Waals surface area contributed by atoms with Gasteiger partial charge in [-0.05, 0) is 26.2 Å². The van der Waals surface area contributed by atoms with Crippen molar-refractivity contribution in [1.29, 1.82) is 0 Å². The molecule has 16 heavy (non-hydrogen) atoms. The molecule has 0 aliphatic rings. The van der Waals surface area contributed by atoms with E-state index >= 15 is 0 Å². The van der Waals surface area contributed by atoms with Gasteiger partial charge in [0.15, 0.2) is 0 Å². The van der Waals surface area contributed by atoms with Gasteiger partial charge in [0.2, 0.25) is 0 Å². The number of quaternary nitrogens is 1. The van der Waals surface area contributed by atoms with Gasteiger partial charge >= 0.3 is 0 Å². The molecule has 0 fully saturated rings. The maximum atomic E-state index is 2.43. The van der Waals surface area contributed by atoms with Crippen LogP contribution in [0.15, 0.2) is 0 Å². The number of unbranched alkanes of at least 4 members (excludes halogenated alkanes) is 6. The standard InChI is InChI=1S/C15H34N/c1-5-8-10-11-12-13-15-16(4,7-3)14-9-6-2/h5-15H2,1-4H3/q+1. The Kier molecular flexibility index (Phi) is 10.1. The van der Waals surface area contributed by atoms with Gasteiger partial charge in [0, 0.05) is 0 Å². The van der Waals surface area contributed by atoms with Crippen molar-refractivity contribution in [3.8, 4) is 0 Å². The molecule has 0 bridgehead atoms. The molecule has 0 aromatic carbocycles. The Morgan fingerprint density at radius 2 is 1.12 bits per heavy atom. The van der Waals surface area contributed by atoms with Crippen LogP contribution in [0.5, 0.6) is 0 Å². The van der Waals surface area contributed by atoms with E-state index in [0.29, 0.717) is 0 Å². The molecule has 0 aliphatic carbocycles. The lowest BCUT2D eigenvalue weighted by atomic mass is 10.1. The normalized spacial score (nSPS) is 15.0. The average molecular weight is 228 g/mol. The van der Waals surface area contributed by atoms with E-state index in [1.54, 1.807) is 0 Å². The predicted molar refractivity (Wildman–Crippen MR) is 74.7 cm³/mol. The van der Waals surface area contributed by atoms with Gasteiger partial charge < -0.3 is 4.48 Å². The lowest BCUT2D eigenvalue weighted by Gasteiger charge is -2.33. The van der Waals surface area contributed by atoms with Crippen molar-refractivity contribution in [2.45, 2.75) is 72.1 Å². The summed E-state index contributed by atoms with van der Waals surface area (Å²) in [6.45, 7) is 11.0. The van der Waals surface area contributed by atoms with E-state index in [4.69, 9.17) is 0 Å². The highest BCUT2D eigenvalue weighted by molar-refractivity contribution is 4.45. The zero-order chi connectivity index (χ0) is 12.3. The first-order valence-electron chi connectivity index (χ1n) is 7.52. The topological polar surface area (TPSA) is 0 Å². The summed E-state index contributed by atoms with van der Waals surface area (Å²) >= 11 is 0. The van der Waals surface area contributed by atoms with Crippen molar-refractivity contribution in [3.63, 3.8) is 0 Å². The van der Waals surface area contributed by atoms with Crippen molar-refractivity contribution in [3.05, 3.63) is 0 Å². The van der Waals surface area contributed by atoms with E-state index in [2.05, 4.69) is 27.8 Å². The predicted octanol–water partition coefficient (Wildman–Crippen LogP) is 4.61. The molecule has 0 aliphatic heterocycles.